The van der Waals surface area contributed by atoms with Crippen molar-refractivity contribution in [3.8, 4) is 0 Å². The van der Waals surface area contributed by atoms with Crippen molar-refractivity contribution in [1.82, 2.24) is 4.98 Å². The first-order chi connectivity index (χ1) is 7.70. The van der Waals surface area contributed by atoms with Gasteiger partial charge in [-0.05, 0) is 25.5 Å². The summed E-state index contributed by atoms with van der Waals surface area (Å²) >= 11 is 2.07. The Labute approximate surface area is 101 Å². The largest absolute Gasteiger partial charge is 0.397 e. The molecule has 4 heteroatoms. The molecule has 1 aliphatic heterocycles. The van der Waals surface area contributed by atoms with Crippen molar-refractivity contribution >= 4 is 23.3 Å². The van der Waals surface area contributed by atoms with Crippen LogP contribution in [0.2, 0.25) is 0 Å². The molecule has 0 bridgehead atoms. The van der Waals surface area contributed by atoms with E-state index in [4.69, 9.17) is 5.73 Å². The molecule has 0 spiro atoms. The number of aryl methyl sites for hydroxylation is 1. The third-order valence-corrected chi connectivity index (χ3v) is 4.40. The zero-order valence-electron chi connectivity index (χ0n) is 9.94. The molecular formula is C12H19N3S. The number of anilines is 2. The summed E-state index contributed by atoms with van der Waals surface area (Å²) in [5, 5.41) is 0.744. The highest BCUT2D eigenvalue weighted by atomic mass is 32.2. The average molecular weight is 237 g/mol. The van der Waals surface area contributed by atoms with Crippen LogP contribution in [0.5, 0.6) is 0 Å². The van der Waals surface area contributed by atoms with E-state index >= 15 is 0 Å². The van der Waals surface area contributed by atoms with Gasteiger partial charge in [-0.1, -0.05) is 6.92 Å². The first kappa shape index (κ1) is 11.6. The molecule has 0 radical (unpaired) electrons. The molecule has 2 heterocycles. The summed E-state index contributed by atoms with van der Waals surface area (Å²) in [6.45, 7) is 6.42. The van der Waals surface area contributed by atoms with E-state index in [1.165, 1.54) is 12.2 Å². The Morgan fingerprint density at radius 2 is 2.38 bits per heavy atom. The van der Waals surface area contributed by atoms with Crippen LogP contribution >= 0.6 is 11.8 Å². The van der Waals surface area contributed by atoms with Crippen LogP contribution in [0.4, 0.5) is 11.5 Å². The molecule has 1 atom stereocenters. The molecule has 16 heavy (non-hydrogen) atoms. The molecule has 0 saturated carbocycles. The highest BCUT2D eigenvalue weighted by Crippen LogP contribution is 2.25. The van der Waals surface area contributed by atoms with Crippen molar-refractivity contribution in [2.75, 3.05) is 29.5 Å². The minimum Gasteiger partial charge on any atom is -0.397 e. The second-order valence-electron chi connectivity index (χ2n) is 4.19. The van der Waals surface area contributed by atoms with Gasteiger partial charge in [0.05, 0.1) is 11.4 Å². The van der Waals surface area contributed by atoms with Crippen LogP contribution in [-0.2, 0) is 0 Å². The number of pyridine rings is 1. The van der Waals surface area contributed by atoms with E-state index in [-0.39, 0.29) is 0 Å². The van der Waals surface area contributed by atoms with E-state index in [1.54, 1.807) is 0 Å². The number of rotatable bonds is 2. The predicted molar refractivity (Wildman–Crippen MR) is 72.1 cm³/mol. The normalized spacial score (nSPS) is 21.1. The van der Waals surface area contributed by atoms with Crippen molar-refractivity contribution in [3.63, 3.8) is 0 Å². The maximum absolute atomic E-state index is 5.79. The molecule has 1 fully saturated rings. The molecule has 1 saturated heterocycles. The molecule has 0 amide bonds. The fourth-order valence-electron chi connectivity index (χ4n) is 1.91. The van der Waals surface area contributed by atoms with Crippen molar-refractivity contribution < 1.29 is 0 Å². The molecule has 2 rings (SSSR count). The number of hydrogen-bond donors (Lipinski definition) is 1. The van der Waals surface area contributed by atoms with Gasteiger partial charge in [-0.15, -0.1) is 0 Å². The van der Waals surface area contributed by atoms with Crippen molar-refractivity contribution in [1.29, 1.82) is 0 Å². The quantitative estimate of drug-likeness (QED) is 0.857. The van der Waals surface area contributed by atoms with E-state index in [0.717, 1.165) is 35.5 Å². The van der Waals surface area contributed by atoms with Crippen LogP contribution in [-0.4, -0.2) is 29.1 Å². The Morgan fingerprint density at radius 1 is 1.56 bits per heavy atom. The van der Waals surface area contributed by atoms with Gasteiger partial charge in [-0.2, -0.15) is 11.8 Å². The molecule has 0 aromatic carbocycles. The van der Waals surface area contributed by atoms with Crippen molar-refractivity contribution in [2.24, 2.45) is 0 Å². The lowest BCUT2D eigenvalue weighted by Gasteiger charge is -2.33. The van der Waals surface area contributed by atoms with Gasteiger partial charge in [0, 0.05) is 24.1 Å². The van der Waals surface area contributed by atoms with Gasteiger partial charge >= 0.3 is 0 Å². The molecule has 1 aromatic rings. The molecule has 1 unspecified atom stereocenters. The lowest BCUT2D eigenvalue weighted by atomic mass is 10.2. The third-order valence-electron chi connectivity index (χ3n) is 3.03. The zero-order valence-corrected chi connectivity index (χ0v) is 10.8. The van der Waals surface area contributed by atoms with Crippen LogP contribution in [0.25, 0.3) is 0 Å². The molecule has 1 aliphatic rings. The van der Waals surface area contributed by atoms with E-state index in [0.29, 0.717) is 0 Å². The van der Waals surface area contributed by atoms with Crippen LogP contribution in [0.3, 0.4) is 0 Å². The van der Waals surface area contributed by atoms with Gasteiger partial charge in [-0.3, -0.25) is 0 Å². The summed E-state index contributed by atoms with van der Waals surface area (Å²) in [6.07, 6.45) is 1.23. The van der Waals surface area contributed by atoms with Crippen molar-refractivity contribution in [3.05, 3.63) is 17.8 Å². The summed E-state index contributed by atoms with van der Waals surface area (Å²) in [5.74, 6) is 2.27. The maximum Gasteiger partial charge on any atom is 0.129 e. The number of nitrogen functional groups attached to an aromatic ring is 1. The summed E-state index contributed by atoms with van der Waals surface area (Å²) in [5.41, 5.74) is 7.50. The van der Waals surface area contributed by atoms with Crippen LogP contribution in [0, 0.1) is 6.92 Å². The number of nitrogens with zero attached hydrogens (tertiary/aromatic N) is 2. The number of hydrogen-bond acceptors (Lipinski definition) is 4. The average Bonchev–Trinajstić information content (AvgIpc) is 2.33. The number of thioether (sulfide) groups is 1. The maximum atomic E-state index is 5.79. The molecule has 88 valence electrons. The third kappa shape index (κ3) is 2.43. The van der Waals surface area contributed by atoms with E-state index in [2.05, 4.69) is 28.6 Å². The van der Waals surface area contributed by atoms with Crippen LogP contribution in [0.1, 0.15) is 19.0 Å². The second kappa shape index (κ2) is 4.95. The van der Waals surface area contributed by atoms with Crippen LogP contribution in [0.15, 0.2) is 12.1 Å². The van der Waals surface area contributed by atoms with Gasteiger partial charge in [-0.25, -0.2) is 4.98 Å². The molecule has 0 aliphatic carbocycles. The number of nitrogens with two attached hydrogens (primary N) is 1. The minimum absolute atomic E-state index is 0.744. The second-order valence-corrected chi connectivity index (χ2v) is 5.60. The fraction of sp³-hybridized carbons (Fsp3) is 0.583. The summed E-state index contributed by atoms with van der Waals surface area (Å²) < 4.78 is 0. The van der Waals surface area contributed by atoms with E-state index in [1.807, 2.05) is 19.1 Å². The minimum atomic E-state index is 0.744. The Balaban J connectivity index is 2.13. The predicted octanol–water partition coefficient (Wildman–Crippen LogP) is 2.30. The molecule has 3 nitrogen and oxygen atoms in total. The molecular weight excluding hydrogens is 218 g/mol. The van der Waals surface area contributed by atoms with E-state index in [9.17, 15) is 0 Å². The lowest BCUT2D eigenvalue weighted by molar-refractivity contribution is 0.719. The highest BCUT2D eigenvalue weighted by molar-refractivity contribution is 8.00. The van der Waals surface area contributed by atoms with Crippen molar-refractivity contribution in [2.45, 2.75) is 25.5 Å². The summed E-state index contributed by atoms with van der Waals surface area (Å²) in [7, 11) is 0. The van der Waals surface area contributed by atoms with Gasteiger partial charge < -0.3 is 10.6 Å². The van der Waals surface area contributed by atoms with Gasteiger partial charge in [0.25, 0.3) is 0 Å². The Hall–Kier alpha value is -0.900. The van der Waals surface area contributed by atoms with Gasteiger partial charge in [0.1, 0.15) is 5.82 Å². The fourth-order valence-corrected chi connectivity index (χ4v) is 3.09. The summed E-state index contributed by atoms with van der Waals surface area (Å²) in [6, 6.07) is 3.99. The smallest absolute Gasteiger partial charge is 0.129 e. The number of aromatic nitrogens is 1. The monoisotopic (exact) mass is 237 g/mol. The van der Waals surface area contributed by atoms with E-state index < -0.39 is 0 Å². The Bertz CT molecular complexity index is 367. The summed E-state index contributed by atoms with van der Waals surface area (Å²) in [4.78, 5) is 6.93. The van der Waals surface area contributed by atoms with Gasteiger partial charge in [0.2, 0.25) is 0 Å². The topological polar surface area (TPSA) is 42.1 Å². The van der Waals surface area contributed by atoms with Gasteiger partial charge in [0.15, 0.2) is 0 Å². The Morgan fingerprint density at radius 3 is 3.06 bits per heavy atom. The van der Waals surface area contributed by atoms with Crippen LogP contribution < -0.4 is 10.6 Å². The highest BCUT2D eigenvalue weighted by Gasteiger charge is 2.20. The molecule has 1 aromatic heterocycles. The zero-order chi connectivity index (χ0) is 11.5. The SMILES string of the molecule is CCC1CN(c2ccc(N)c(C)n2)CCS1. The molecule has 2 N–H and O–H groups in total. The first-order valence-electron chi connectivity index (χ1n) is 5.80. The standard InChI is InChI=1S/C12H19N3S/c1-3-10-8-15(6-7-16-10)12-5-4-11(13)9(2)14-12/h4-5,10H,3,6-8,13H2,1-2H3. The Kier molecular flexibility index (Phi) is 3.59. The first-order valence-corrected chi connectivity index (χ1v) is 6.85. The lowest BCUT2D eigenvalue weighted by Crippen LogP contribution is -2.38.